The van der Waals surface area contributed by atoms with E-state index in [1.165, 1.54) is 19.2 Å². The Morgan fingerprint density at radius 2 is 2.17 bits per heavy atom. The number of hydrogen-bond acceptors (Lipinski definition) is 2. The molecule has 0 aromatic heterocycles. The predicted octanol–water partition coefficient (Wildman–Crippen LogP) is 0.871. The van der Waals surface area contributed by atoms with E-state index < -0.39 is 11.7 Å². The average molecular weight is 166 g/mol. The van der Waals surface area contributed by atoms with Crippen molar-refractivity contribution >= 4 is 5.90 Å². The first-order valence-corrected chi connectivity index (χ1v) is 3.55. The fourth-order valence-electron chi connectivity index (χ4n) is 0.914. The second-order valence-electron chi connectivity index (χ2n) is 2.51. The molecule has 0 spiro atoms. The molecule has 64 valence electrons. The van der Waals surface area contributed by atoms with Crippen LogP contribution in [0.1, 0.15) is 11.1 Å². The van der Waals surface area contributed by atoms with E-state index in [1.807, 2.05) is 0 Å². The molecule has 2 nitrogen and oxygen atoms in total. The maximum Gasteiger partial charge on any atom is 0.131 e. The van der Waals surface area contributed by atoms with Gasteiger partial charge in [0.15, 0.2) is 0 Å². The summed E-state index contributed by atoms with van der Waals surface area (Å²) in [6.07, 6.45) is 0. The van der Waals surface area contributed by atoms with Gasteiger partial charge in [-0.1, -0.05) is 12.1 Å². The maximum absolute atomic E-state index is 13.0. The Morgan fingerprint density at radius 1 is 1.50 bits per heavy atom. The Hall–Kier alpha value is -1.38. The molecule has 0 bridgehead atoms. The lowest BCUT2D eigenvalue weighted by Crippen LogP contribution is -2.20. The van der Waals surface area contributed by atoms with Crippen molar-refractivity contribution in [1.29, 1.82) is 0 Å². The van der Waals surface area contributed by atoms with Gasteiger partial charge in [-0.15, -0.1) is 0 Å². The van der Waals surface area contributed by atoms with Crippen molar-refractivity contribution in [3.8, 4) is 0 Å². The molecule has 0 saturated heterocycles. The van der Waals surface area contributed by atoms with Crippen LogP contribution in [0.2, 0.25) is 0 Å². The molecular formula is C9H9FNO-. The molecule has 0 unspecified atom stereocenters. The van der Waals surface area contributed by atoms with Gasteiger partial charge in [0.2, 0.25) is 0 Å². The molecule has 0 N–H and O–H groups in total. The molecule has 0 aliphatic rings. The minimum absolute atomic E-state index is 0.0306. The van der Waals surface area contributed by atoms with Gasteiger partial charge in [0.1, 0.15) is 5.82 Å². The molecule has 12 heavy (non-hydrogen) atoms. The van der Waals surface area contributed by atoms with Crippen molar-refractivity contribution < 1.29 is 9.50 Å². The third-order valence-electron chi connectivity index (χ3n) is 1.56. The van der Waals surface area contributed by atoms with Crippen molar-refractivity contribution in [3.63, 3.8) is 0 Å². The minimum atomic E-state index is -0.521. The van der Waals surface area contributed by atoms with Crippen molar-refractivity contribution in [2.75, 3.05) is 7.05 Å². The van der Waals surface area contributed by atoms with Gasteiger partial charge in [-0.3, -0.25) is 0 Å². The van der Waals surface area contributed by atoms with E-state index in [4.69, 9.17) is 0 Å². The van der Waals surface area contributed by atoms with Crippen LogP contribution >= 0.6 is 0 Å². The molecule has 0 aliphatic heterocycles. The molecule has 0 saturated carbocycles. The molecule has 1 aromatic rings. The summed E-state index contributed by atoms with van der Waals surface area (Å²) < 4.78 is 13.0. The molecule has 3 heteroatoms. The van der Waals surface area contributed by atoms with Crippen molar-refractivity contribution in [1.82, 2.24) is 0 Å². The molecule has 0 amide bonds. The van der Waals surface area contributed by atoms with E-state index in [0.29, 0.717) is 0 Å². The van der Waals surface area contributed by atoms with Crippen LogP contribution in [-0.2, 0) is 0 Å². The highest BCUT2D eigenvalue weighted by atomic mass is 19.1. The quantitative estimate of drug-likeness (QED) is 0.450. The van der Waals surface area contributed by atoms with Crippen molar-refractivity contribution in [2.24, 2.45) is 4.99 Å². The summed E-state index contributed by atoms with van der Waals surface area (Å²) in [6.45, 7) is 1.76. The summed E-state index contributed by atoms with van der Waals surface area (Å²) in [7, 11) is 1.35. The maximum atomic E-state index is 13.0. The predicted molar refractivity (Wildman–Crippen MR) is 43.6 cm³/mol. The molecule has 0 heterocycles. The van der Waals surface area contributed by atoms with Crippen LogP contribution in [-0.4, -0.2) is 12.9 Å². The van der Waals surface area contributed by atoms with Gasteiger partial charge in [0, 0.05) is 12.6 Å². The van der Waals surface area contributed by atoms with Crippen molar-refractivity contribution in [2.45, 2.75) is 6.92 Å². The Morgan fingerprint density at radius 3 is 2.67 bits per heavy atom. The van der Waals surface area contributed by atoms with Gasteiger partial charge in [0.05, 0.1) is 0 Å². The van der Waals surface area contributed by atoms with Crippen LogP contribution in [0.15, 0.2) is 23.2 Å². The fourth-order valence-corrected chi connectivity index (χ4v) is 0.914. The summed E-state index contributed by atoms with van der Waals surface area (Å²) in [4.78, 5) is 3.37. The number of benzene rings is 1. The molecular weight excluding hydrogens is 157 g/mol. The minimum Gasteiger partial charge on any atom is -0.858 e. The molecule has 0 aliphatic carbocycles. The summed E-state index contributed by atoms with van der Waals surface area (Å²) >= 11 is 0. The normalized spacial score (nSPS) is 11.8. The topological polar surface area (TPSA) is 35.4 Å². The molecule has 0 radical (unpaired) electrons. The third kappa shape index (κ3) is 1.61. The van der Waals surface area contributed by atoms with Crippen LogP contribution in [0.25, 0.3) is 0 Å². The smallest absolute Gasteiger partial charge is 0.131 e. The second-order valence-corrected chi connectivity index (χ2v) is 2.51. The highest BCUT2D eigenvalue weighted by Gasteiger charge is 2.00. The highest BCUT2D eigenvalue weighted by Crippen LogP contribution is 2.08. The number of aliphatic imine (C=N–C) groups is 1. The summed E-state index contributed by atoms with van der Waals surface area (Å²) in [5.41, 5.74) is 0.822. The van der Waals surface area contributed by atoms with Crippen LogP contribution in [0, 0.1) is 12.7 Å². The largest absolute Gasteiger partial charge is 0.858 e. The number of aryl methyl sites for hydroxylation is 1. The third-order valence-corrected chi connectivity index (χ3v) is 1.56. The Kier molecular flexibility index (Phi) is 2.43. The van der Waals surface area contributed by atoms with E-state index >= 15 is 0 Å². The Bertz CT molecular complexity index is 320. The first-order chi connectivity index (χ1) is 5.65. The van der Waals surface area contributed by atoms with E-state index in [1.54, 1.807) is 13.0 Å². The van der Waals surface area contributed by atoms with Gasteiger partial charge in [0.25, 0.3) is 0 Å². The number of hydrogen-bond donors (Lipinski definition) is 0. The van der Waals surface area contributed by atoms with Crippen LogP contribution < -0.4 is 5.11 Å². The van der Waals surface area contributed by atoms with Crippen LogP contribution in [0.5, 0.6) is 0 Å². The van der Waals surface area contributed by atoms with E-state index in [0.717, 1.165) is 5.56 Å². The van der Waals surface area contributed by atoms with Gasteiger partial charge >= 0.3 is 0 Å². The summed E-state index contributed by atoms with van der Waals surface area (Å²) in [5, 5.41) is 10.9. The molecule has 0 fully saturated rings. The lowest BCUT2D eigenvalue weighted by Gasteiger charge is -2.10. The van der Waals surface area contributed by atoms with Gasteiger partial charge in [-0.2, -0.15) is 0 Å². The zero-order chi connectivity index (χ0) is 9.14. The van der Waals surface area contributed by atoms with Crippen molar-refractivity contribution in [3.05, 3.63) is 35.1 Å². The van der Waals surface area contributed by atoms with Gasteiger partial charge in [-0.05, 0) is 24.5 Å². The van der Waals surface area contributed by atoms with Gasteiger partial charge < -0.3 is 10.1 Å². The summed E-state index contributed by atoms with van der Waals surface area (Å²) in [6, 6.07) is 4.44. The molecule has 1 aromatic carbocycles. The monoisotopic (exact) mass is 166 g/mol. The number of rotatable bonds is 1. The molecule has 0 atom stereocenters. The number of halogens is 1. The number of nitrogens with zero attached hydrogens (tertiary/aromatic N) is 1. The zero-order valence-electron chi connectivity index (χ0n) is 6.97. The van der Waals surface area contributed by atoms with E-state index in [9.17, 15) is 9.50 Å². The first-order valence-electron chi connectivity index (χ1n) is 3.55. The van der Waals surface area contributed by atoms with E-state index in [-0.39, 0.29) is 5.56 Å². The lowest BCUT2D eigenvalue weighted by molar-refractivity contribution is -0.213. The van der Waals surface area contributed by atoms with E-state index in [2.05, 4.69) is 4.99 Å². The SMILES string of the molecule is CN=C([O-])c1ccc(C)cc1F. The van der Waals surface area contributed by atoms with Crippen LogP contribution in [0.3, 0.4) is 0 Å². The van der Waals surface area contributed by atoms with Gasteiger partial charge in [-0.25, -0.2) is 4.39 Å². The fraction of sp³-hybridized carbons (Fsp3) is 0.222. The first kappa shape index (κ1) is 8.71. The standard InChI is InChI=1S/C9H10FNO/c1-6-3-4-7(8(10)5-6)9(12)11-2/h3-5H,1-2H3,(H,11,12)/p-1. The highest BCUT2D eigenvalue weighted by molar-refractivity contribution is 5.90. The average Bonchev–Trinajstić information content (AvgIpc) is 2.03. The Balaban J connectivity index is 3.18. The Labute approximate surface area is 70.4 Å². The van der Waals surface area contributed by atoms with Crippen LogP contribution in [0.4, 0.5) is 4.39 Å². The lowest BCUT2D eigenvalue weighted by atomic mass is 10.1. The zero-order valence-corrected chi connectivity index (χ0v) is 6.97. The summed E-state index contributed by atoms with van der Waals surface area (Å²) in [5.74, 6) is -1.03. The molecule has 1 rings (SSSR count). The second kappa shape index (κ2) is 3.34.